The van der Waals surface area contributed by atoms with E-state index in [9.17, 15) is 9.59 Å². The summed E-state index contributed by atoms with van der Waals surface area (Å²) >= 11 is 2.95. The van der Waals surface area contributed by atoms with Crippen molar-refractivity contribution >= 4 is 39.6 Å². The average Bonchev–Trinajstić information content (AvgIpc) is 3.04. The molecule has 0 unspecified atom stereocenters. The number of thiophene rings is 1. The van der Waals surface area contributed by atoms with E-state index in [1.165, 1.54) is 11.3 Å². The minimum atomic E-state index is -0.397. The van der Waals surface area contributed by atoms with Gasteiger partial charge in [0.25, 0.3) is 0 Å². The number of nitrogens with zero attached hydrogens (tertiary/aromatic N) is 1. The van der Waals surface area contributed by atoms with Gasteiger partial charge in [-0.1, -0.05) is 6.92 Å². The zero-order valence-electron chi connectivity index (χ0n) is 13.7. The monoisotopic (exact) mass is 352 g/mol. The maximum atomic E-state index is 12.2. The van der Waals surface area contributed by atoms with E-state index in [4.69, 9.17) is 4.74 Å². The van der Waals surface area contributed by atoms with Crippen LogP contribution in [0.5, 0.6) is 0 Å². The van der Waals surface area contributed by atoms with Crippen LogP contribution in [0.4, 0.5) is 5.00 Å². The molecule has 124 valence electrons. The van der Waals surface area contributed by atoms with Crippen molar-refractivity contribution in [2.45, 2.75) is 40.5 Å². The fraction of sp³-hybridized carbons (Fsp3) is 0.438. The van der Waals surface area contributed by atoms with Gasteiger partial charge in [0.1, 0.15) is 5.00 Å². The Morgan fingerprint density at radius 1 is 1.30 bits per heavy atom. The molecule has 0 spiro atoms. The lowest BCUT2D eigenvalue weighted by Crippen LogP contribution is -2.16. The number of aromatic nitrogens is 1. The van der Waals surface area contributed by atoms with Crippen molar-refractivity contribution in [3.8, 4) is 0 Å². The van der Waals surface area contributed by atoms with Crippen LogP contribution in [0.3, 0.4) is 0 Å². The normalized spacial score (nSPS) is 10.6. The first kappa shape index (κ1) is 17.6. The second kappa shape index (κ2) is 7.70. The van der Waals surface area contributed by atoms with E-state index in [2.05, 4.69) is 10.3 Å². The molecule has 2 heterocycles. The van der Waals surface area contributed by atoms with Crippen LogP contribution in [0.25, 0.3) is 0 Å². The Kier molecular flexibility index (Phi) is 5.90. The van der Waals surface area contributed by atoms with E-state index in [1.54, 1.807) is 18.3 Å². The van der Waals surface area contributed by atoms with Gasteiger partial charge in [0, 0.05) is 10.3 Å². The molecule has 23 heavy (non-hydrogen) atoms. The smallest absolute Gasteiger partial charge is 0.341 e. The number of carbonyl (C=O) groups is 2. The van der Waals surface area contributed by atoms with E-state index in [0.29, 0.717) is 17.2 Å². The van der Waals surface area contributed by atoms with Gasteiger partial charge < -0.3 is 10.1 Å². The van der Waals surface area contributed by atoms with Crippen LogP contribution in [0.15, 0.2) is 5.38 Å². The first-order valence-corrected chi connectivity index (χ1v) is 9.16. The van der Waals surface area contributed by atoms with Gasteiger partial charge >= 0.3 is 5.97 Å². The van der Waals surface area contributed by atoms with Gasteiger partial charge in [-0.2, -0.15) is 0 Å². The molecule has 2 aromatic rings. The van der Waals surface area contributed by atoms with Crippen LogP contribution in [0.2, 0.25) is 0 Å². The van der Waals surface area contributed by atoms with Crippen LogP contribution < -0.4 is 5.32 Å². The highest BCUT2D eigenvalue weighted by molar-refractivity contribution is 7.16. The van der Waals surface area contributed by atoms with Gasteiger partial charge in [0.15, 0.2) is 0 Å². The van der Waals surface area contributed by atoms with Gasteiger partial charge in [-0.05, 0) is 32.8 Å². The number of esters is 1. The number of thiazole rings is 1. The molecular weight excluding hydrogens is 332 g/mol. The summed E-state index contributed by atoms with van der Waals surface area (Å²) in [6.07, 6.45) is 1.07. The summed E-state index contributed by atoms with van der Waals surface area (Å²) in [7, 11) is 0. The summed E-state index contributed by atoms with van der Waals surface area (Å²) in [6.45, 7) is 7.89. The summed E-state index contributed by atoms with van der Waals surface area (Å²) in [4.78, 5) is 29.7. The second-order valence-corrected chi connectivity index (χ2v) is 7.19. The predicted molar refractivity (Wildman–Crippen MR) is 93.6 cm³/mol. The molecule has 0 aliphatic rings. The Balaban J connectivity index is 2.14. The molecule has 7 heteroatoms. The molecule has 0 saturated carbocycles. The molecule has 0 fully saturated rings. The zero-order chi connectivity index (χ0) is 17.0. The molecule has 1 N–H and O–H groups in total. The van der Waals surface area contributed by atoms with E-state index < -0.39 is 5.97 Å². The van der Waals surface area contributed by atoms with E-state index in [1.807, 2.05) is 26.2 Å². The summed E-state index contributed by atoms with van der Waals surface area (Å²) in [5.41, 5.74) is 2.06. The summed E-state index contributed by atoms with van der Waals surface area (Å²) < 4.78 is 5.09. The van der Waals surface area contributed by atoms with Crippen LogP contribution in [0, 0.1) is 13.8 Å². The van der Waals surface area contributed by atoms with Crippen molar-refractivity contribution in [2.75, 3.05) is 11.9 Å². The first-order valence-electron chi connectivity index (χ1n) is 7.46. The summed E-state index contributed by atoms with van der Waals surface area (Å²) in [5, 5.41) is 6.30. The highest BCUT2D eigenvalue weighted by Crippen LogP contribution is 2.33. The number of aryl methyl sites for hydroxylation is 2. The number of ether oxygens (including phenoxy) is 1. The largest absolute Gasteiger partial charge is 0.462 e. The number of rotatable bonds is 6. The predicted octanol–water partition coefficient (Wildman–Crippen LogP) is 3.74. The van der Waals surface area contributed by atoms with Crippen LogP contribution in [0.1, 0.15) is 45.3 Å². The molecule has 0 bridgehead atoms. The number of amides is 1. The van der Waals surface area contributed by atoms with Gasteiger partial charge in [-0.25, -0.2) is 9.78 Å². The van der Waals surface area contributed by atoms with Gasteiger partial charge in [-0.15, -0.1) is 22.7 Å². The third kappa shape index (κ3) is 4.17. The van der Waals surface area contributed by atoms with Crippen LogP contribution in [-0.2, 0) is 22.4 Å². The minimum absolute atomic E-state index is 0.176. The molecule has 2 aromatic heterocycles. The molecule has 0 aromatic carbocycles. The van der Waals surface area contributed by atoms with Crippen molar-refractivity contribution in [1.29, 1.82) is 0 Å². The highest BCUT2D eigenvalue weighted by atomic mass is 32.1. The van der Waals surface area contributed by atoms with Gasteiger partial charge in [0.05, 0.1) is 29.3 Å². The van der Waals surface area contributed by atoms with Crippen LogP contribution >= 0.6 is 22.7 Å². The SMILES string of the molecule is CCOC(=O)c1c(NC(=O)Cc2csc(CC)n2)sc(C)c1C. The van der Waals surface area contributed by atoms with Crippen molar-refractivity contribution in [1.82, 2.24) is 4.98 Å². The molecular formula is C16H20N2O3S2. The average molecular weight is 352 g/mol. The number of carbonyl (C=O) groups excluding carboxylic acids is 2. The highest BCUT2D eigenvalue weighted by Gasteiger charge is 2.22. The summed E-state index contributed by atoms with van der Waals surface area (Å²) in [6, 6.07) is 0. The molecule has 0 aliphatic carbocycles. The molecule has 0 radical (unpaired) electrons. The third-order valence-electron chi connectivity index (χ3n) is 3.36. The number of anilines is 1. The molecule has 0 aliphatic heterocycles. The molecule has 1 amide bonds. The Morgan fingerprint density at radius 3 is 2.65 bits per heavy atom. The van der Waals surface area contributed by atoms with Crippen molar-refractivity contribution in [3.05, 3.63) is 32.1 Å². The van der Waals surface area contributed by atoms with Crippen molar-refractivity contribution in [3.63, 3.8) is 0 Å². The zero-order valence-corrected chi connectivity index (χ0v) is 15.3. The standard InChI is InChI=1S/C16H20N2O3S2/c1-5-13-17-11(8-22-13)7-12(19)18-15-14(16(20)21-6-2)9(3)10(4)23-15/h8H,5-7H2,1-4H3,(H,18,19). The second-order valence-electron chi connectivity index (χ2n) is 5.02. The number of hydrogen-bond donors (Lipinski definition) is 1. The molecule has 2 rings (SSSR count). The first-order chi connectivity index (χ1) is 11.0. The van der Waals surface area contributed by atoms with Gasteiger partial charge in [-0.3, -0.25) is 4.79 Å². The maximum absolute atomic E-state index is 12.2. The van der Waals surface area contributed by atoms with Crippen molar-refractivity contribution < 1.29 is 14.3 Å². The fourth-order valence-corrected chi connectivity index (χ4v) is 3.90. The van der Waals surface area contributed by atoms with E-state index in [0.717, 1.165) is 27.6 Å². The molecule has 0 atom stereocenters. The minimum Gasteiger partial charge on any atom is -0.462 e. The van der Waals surface area contributed by atoms with E-state index >= 15 is 0 Å². The number of nitrogens with one attached hydrogen (secondary N) is 1. The lowest BCUT2D eigenvalue weighted by molar-refractivity contribution is -0.115. The topological polar surface area (TPSA) is 68.3 Å². The molecule has 5 nitrogen and oxygen atoms in total. The van der Waals surface area contributed by atoms with Gasteiger partial charge in [0.2, 0.25) is 5.91 Å². The Hall–Kier alpha value is -1.73. The summed E-state index contributed by atoms with van der Waals surface area (Å²) in [5.74, 6) is -0.573. The Bertz CT molecular complexity index is 719. The molecule has 0 saturated heterocycles. The fourth-order valence-electron chi connectivity index (χ4n) is 2.09. The Labute approximate surface area is 143 Å². The van der Waals surface area contributed by atoms with E-state index in [-0.39, 0.29) is 12.3 Å². The lowest BCUT2D eigenvalue weighted by Gasteiger charge is -2.06. The third-order valence-corrected chi connectivity index (χ3v) is 5.53. The van der Waals surface area contributed by atoms with Crippen LogP contribution in [-0.4, -0.2) is 23.5 Å². The quantitative estimate of drug-likeness (QED) is 0.804. The number of hydrogen-bond acceptors (Lipinski definition) is 6. The maximum Gasteiger partial charge on any atom is 0.341 e. The lowest BCUT2D eigenvalue weighted by atomic mass is 10.1. The Morgan fingerprint density at radius 2 is 2.04 bits per heavy atom. The van der Waals surface area contributed by atoms with Crippen molar-refractivity contribution in [2.24, 2.45) is 0 Å².